The van der Waals surface area contributed by atoms with E-state index in [9.17, 15) is 28.8 Å². The Morgan fingerprint density at radius 2 is 0.583 bits per heavy atom. The summed E-state index contributed by atoms with van der Waals surface area (Å²) in [4.78, 5) is 80.9. The fraction of sp³-hybridized carbons (Fsp3) is 0.875. The molecule has 0 bridgehead atoms. The standard InChI is InChI=1S/C48H86N4O8/c1-3-5-7-9-11-13-15-17-19-21-23-25-27-29-31-33-47(57)59-41-51-43(53)37-49(38-44(51)54)35-36-50-39-45(55)52(46(56)40-50)42-60-48(58)34-32-30-28-26-24-22-20-18-16-14-12-10-8-6-4-2/h3-42H2,1-2H3. The summed E-state index contributed by atoms with van der Waals surface area (Å²) in [5.74, 6) is -2.61. The molecule has 0 N–H and O–H groups in total. The molecular formula is C48H86N4O8. The number of rotatable bonds is 39. The molecule has 2 saturated heterocycles. The summed E-state index contributed by atoms with van der Waals surface area (Å²) in [6.07, 6.45) is 37.9. The minimum Gasteiger partial charge on any atom is -0.444 e. The van der Waals surface area contributed by atoms with Crippen LogP contribution in [0.4, 0.5) is 0 Å². The van der Waals surface area contributed by atoms with Crippen LogP contribution in [0.15, 0.2) is 0 Å². The van der Waals surface area contributed by atoms with Crippen LogP contribution in [-0.4, -0.2) is 108 Å². The predicted octanol–water partition coefficient (Wildman–Crippen LogP) is 9.85. The number of carbonyl (C=O) groups excluding carboxylic acids is 6. The summed E-state index contributed by atoms with van der Waals surface area (Å²) < 4.78 is 10.5. The fourth-order valence-electron chi connectivity index (χ4n) is 8.08. The molecule has 0 radical (unpaired) electrons. The first-order chi connectivity index (χ1) is 29.2. The lowest BCUT2D eigenvalue weighted by Crippen LogP contribution is -2.58. The highest BCUT2D eigenvalue weighted by Crippen LogP contribution is 2.16. The quantitative estimate of drug-likeness (QED) is 0.0334. The maximum Gasteiger partial charge on any atom is 0.307 e. The zero-order valence-electron chi connectivity index (χ0n) is 38.3. The Balaban J connectivity index is 1.46. The van der Waals surface area contributed by atoms with E-state index in [1.807, 2.05) is 0 Å². The smallest absolute Gasteiger partial charge is 0.307 e. The fourth-order valence-corrected chi connectivity index (χ4v) is 8.08. The van der Waals surface area contributed by atoms with Gasteiger partial charge >= 0.3 is 11.9 Å². The average Bonchev–Trinajstić information content (AvgIpc) is 3.22. The van der Waals surface area contributed by atoms with Crippen LogP contribution >= 0.6 is 0 Å². The first-order valence-electron chi connectivity index (χ1n) is 24.7. The largest absolute Gasteiger partial charge is 0.444 e. The molecule has 0 aliphatic carbocycles. The Morgan fingerprint density at radius 3 is 0.817 bits per heavy atom. The highest BCUT2D eigenvalue weighted by Gasteiger charge is 2.34. The van der Waals surface area contributed by atoms with Crippen molar-refractivity contribution >= 4 is 35.6 Å². The molecule has 0 aromatic carbocycles. The minimum atomic E-state index is -0.450. The number of hydrogen-bond donors (Lipinski definition) is 0. The van der Waals surface area contributed by atoms with E-state index >= 15 is 0 Å². The van der Waals surface area contributed by atoms with Crippen molar-refractivity contribution in [1.29, 1.82) is 0 Å². The molecule has 346 valence electrons. The number of imide groups is 2. The third kappa shape index (κ3) is 26.5. The molecule has 12 nitrogen and oxygen atoms in total. The lowest BCUT2D eigenvalue weighted by Gasteiger charge is -2.35. The van der Waals surface area contributed by atoms with Crippen LogP contribution in [0.1, 0.15) is 219 Å². The summed E-state index contributed by atoms with van der Waals surface area (Å²) in [5.41, 5.74) is 0. The van der Waals surface area contributed by atoms with E-state index < -0.39 is 35.6 Å². The monoisotopic (exact) mass is 847 g/mol. The van der Waals surface area contributed by atoms with Gasteiger partial charge in [0.25, 0.3) is 0 Å². The summed E-state index contributed by atoms with van der Waals surface area (Å²) >= 11 is 0. The number of esters is 2. The van der Waals surface area contributed by atoms with E-state index in [1.54, 1.807) is 9.80 Å². The Hall–Kier alpha value is -2.86. The molecule has 0 aromatic heterocycles. The van der Waals surface area contributed by atoms with Crippen LogP contribution in [0.2, 0.25) is 0 Å². The summed E-state index contributed by atoms with van der Waals surface area (Å²) in [6.45, 7) is 4.25. The van der Waals surface area contributed by atoms with Gasteiger partial charge in [-0.15, -0.1) is 0 Å². The van der Waals surface area contributed by atoms with Crippen LogP contribution in [0.25, 0.3) is 0 Å². The molecule has 2 heterocycles. The Bertz CT molecular complexity index is 1070. The van der Waals surface area contributed by atoms with Gasteiger partial charge in [0.15, 0.2) is 13.5 Å². The van der Waals surface area contributed by atoms with E-state index in [0.29, 0.717) is 13.1 Å². The molecule has 0 spiro atoms. The molecule has 0 aromatic rings. The molecule has 0 unspecified atom stereocenters. The second kappa shape index (κ2) is 35.7. The Kier molecular flexibility index (Phi) is 31.7. The summed E-state index contributed by atoms with van der Waals surface area (Å²) in [7, 11) is 0. The molecule has 4 amide bonds. The predicted molar refractivity (Wildman–Crippen MR) is 238 cm³/mol. The van der Waals surface area contributed by atoms with Crippen LogP contribution in [-0.2, 0) is 38.2 Å². The number of carbonyl (C=O) groups is 6. The van der Waals surface area contributed by atoms with Crippen molar-refractivity contribution in [1.82, 2.24) is 19.6 Å². The molecule has 2 fully saturated rings. The molecule has 0 atom stereocenters. The van der Waals surface area contributed by atoms with Gasteiger partial charge < -0.3 is 9.47 Å². The van der Waals surface area contributed by atoms with Gasteiger partial charge in [0.2, 0.25) is 23.6 Å². The number of nitrogens with zero attached hydrogens (tertiary/aromatic N) is 4. The number of ether oxygens (including phenoxy) is 2. The SMILES string of the molecule is CCCCCCCCCCCCCCCCCC(=O)OCN1C(=O)CN(CCN2CC(=O)N(COC(=O)CCCCCCCCCCCCCCCCC)C(=O)C2)CC1=O. The molecule has 2 rings (SSSR count). The van der Waals surface area contributed by atoms with E-state index in [0.717, 1.165) is 48.3 Å². The van der Waals surface area contributed by atoms with Crippen molar-refractivity contribution in [2.24, 2.45) is 0 Å². The maximum absolute atomic E-state index is 12.8. The highest BCUT2D eigenvalue weighted by atomic mass is 16.6. The van der Waals surface area contributed by atoms with E-state index in [-0.39, 0.29) is 52.5 Å². The van der Waals surface area contributed by atoms with Gasteiger partial charge in [-0.3, -0.25) is 38.6 Å². The van der Waals surface area contributed by atoms with Crippen molar-refractivity contribution in [2.45, 2.75) is 219 Å². The normalized spacial score (nSPS) is 15.4. The lowest BCUT2D eigenvalue weighted by molar-refractivity contribution is -0.167. The van der Waals surface area contributed by atoms with Crippen LogP contribution in [0.5, 0.6) is 0 Å². The first-order valence-corrected chi connectivity index (χ1v) is 24.7. The lowest BCUT2D eigenvalue weighted by atomic mass is 10.0. The molecule has 2 aliphatic rings. The van der Waals surface area contributed by atoms with E-state index in [4.69, 9.17) is 9.47 Å². The van der Waals surface area contributed by atoms with Crippen molar-refractivity contribution in [3.8, 4) is 0 Å². The number of unbranched alkanes of at least 4 members (excludes halogenated alkanes) is 28. The zero-order valence-corrected chi connectivity index (χ0v) is 38.3. The Labute approximate surface area is 364 Å². The van der Waals surface area contributed by atoms with Crippen LogP contribution in [0, 0.1) is 0 Å². The molecule has 2 aliphatic heterocycles. The minimum absolute atomic E-state index is 0.0283. The summed E-state index contributed by atoms with van der Waals surface area (Å²) in [6, 6.07) is 0. The van der Waals surface area contributed by atoms with E-state index in [1.165, 1.54) is 154 Å². The van der Waals surface area contributed by atoms with Crippen molar-refractivity contribution < 1.29 is 38.2 Å². The van der Waals surface area contributed by atoms with Gasteiger partial charge in [0, 0.05) is 25.9 Å². The second-order valence-electron chi connectivity index (χ2n) is 17.5. The van der Waals surface area contributed by atoms with Crippen molar-refractivity contribution in [2.75, 3.05) is 52.7 Å². The maximum atomic E-state index is 12.8. The van der Waals surface area contributed by atoms with Crippen LogP contribution in [0.3, 0.4) is 0 Å². The van der Waals surface area contributed by atoms with Gasteiger partial charge in [-0.05, 0) is 12.8 Å². The average molecular weight is 847 g/mol. The van der Waals surface area contributed by atoms with Crippen molar-refractivity contribution in [3.63, 3.8) is 0 Å². The molecule has 0 saturated carbocycles. The van der Waals surface area contributed by atoms with Gasteiger partial charge in [0.1, 0.15) is 0 Å². The van der Waals surface area contributed by atoms with Gasteiger partial charge in [-0.2, -0.15) is 0 Å². The molecule has 60 heavy (non-hydrogen) atoms. The molecular weight excluding hydrogens is 761 g/mol. The van der Waals surface area contributed by atoms with Gasteiger partial charge in [0.05, 0.1) is 26.2 Å². The van der Waals surface area contributed by atoms with Crippen molar-refractivity contribution in [3.05, 3.63) is 0 Å². The number of piperazine rings is 2. The van der Waals surface area contributed by atoms with Crippen LogP contribution < -0.4 is 0 Å². The third-order valence-corrected chi connectivity index (χ3v) is 12.1. The first kappa shape index (κ1) is 53.3. The van der Waals surface area contributed by atoms with E-state index in [2.05, 4.69) is 13.8 Å². The highest BCUT2D eigenvalue weighted by molar-refractivity contribution is 6.00. The van der Waals surface area contributed by atoms with Gasteiger partial charge in [-0.1, -0.05) is 194 Å². The topological polar surface area (TPSA) is 134 Å². The van der Waals surface area contributed by atoms with Gasteiger partial charge in [-0.25, -0.2) is 9.80 Å². The molecule has 12 heteroatoms. The number of amides is 4. The zero-order chi connectivity index (χ0) is 43.5. The second-order valence-corrected chi connectivity index (χ2v) is 17.5. The summed E-state index contributed by atoms with van der Waals surface area (Å²) in [5, 5.41) is 0. The Morgan fingerprint density at radius 1 is 0.367 bits per heavy atom. The number of hydrogen-bond acceptors (Lipinski definition) is 10. The third-order valence-electron chi connectivity index (χ3n) is 12.1.